The van der Waals surface area contributed by atoms with Gasteiger partial charge in [-0.25, -0.2) is 0 Å². The summed E-state index contributed by atoms with van der Waals surface area (Å²) in [5.74, 6) is -1.17. The summed E-state index contributed by atoms with van der Waals surface area (Å²) in [6.45, 7) is 18.2. The van der Waals surface area contributed by atoms with E-state index in [1.54, 1.807) is 0 Å². The Hall–Kier alpha value is -0.830. The highest BCUT2D eigenvalue weighted by Crippen LogP contribution is 2.70. The van der Waals surface area contributed by atoms with E-state index >= 15 is 0 Å². The summed E-state index contributed by atoms with van der Waals surface area (Å²) in [4.78, 5) is 13.8. The fourth-order valence-corrected chi connectivity index (χ4v) is 10.5. The van der Waals surface area contributed by atoms with E-state index in [0.29, 0.717) is 25.7 Å². The zero-order valence-corrected chi connectivity index (χ0v) is 26.1. The van der Waals surface area contributed by atoms with E-state index in [9.17, 15) is 15.0 Å². The normalized spacial score (nSPS) is 51.1. The van der Waals surface area contributed by atoms with Gasteiger partial charge in [0.15, 0.2) is 17.4 Å². The molecule has 2 N–H and O–H groups in total. The summed E-state index contributed by atoms with van der Waals surface area (Å²) in [5, 5.41) is 23.3. The second-order valence-electron chi connectivity index (χ2n) is 16.3. The fourth-order valence-electron chi connectivity index (χ4n) is 10.5. The van der Waals surface area contributed by atoms with Crippen LogP contribution in [-0.2, 0) is 23.7 Å². The maximum Gasteiger partial charge on any atom is 0.164 e. The van der Waals surface area contributed by atoms with Gasteiger partial charge < -0.3 is 29.2 Å². The van der Waals surface area contributed by atoms with Crippen molar-refractivity contribution in [3.05, 3.63) is 11.6 Å². The molecule has 0 amide bonds. The molecule has 5 fully saturated rings. The first-order valence-electron chi connectivity index (χ1n) is 15.7. The number of hydrogen-bond acceptors (Lipinski definition) is 7. The molecule has 7 heteroatoms. The van der Waals surface area contributed by atoms with Gasteiger partial charge in [-0.15, -0.1) is 0 Å². The number of carbonyl (C=O) groups excluding carboxylic acids is 1. The van der Waals surface area contributed by atoms with E-state index < -0.39 is 33.8 Å². The second kappa shape index (κ2) is 8.63. The minimum absolute atomic E-state index is 0.0237. The van der Waals surface area contributed by atoms with Crippen LogP contribution in [0.4, 0.5) is 0 Å². The van der Waals surface area contributed by atoms with E-state index in [-0.39, 0.29) is 47.3 Å². The van der Waals surface area contributed by atoms with Gasteiger partial charge in [0.05, 0.1) is 35.1 Å². The van der Waals surface area contributed by atoms with Crippen molar-refractivity contribution >= 4 is 5.78 Å². The zero-order valence-electron chi connectivity index (χ0n) is 26.1. The highest BCUT2D eigenvalue weighted by atomic mass is 16.8. The number of carbonyl (C=O) groups is 1. The molecule has 10 atom stereocenters. The number of rotatable bonds is 4. The van der Waals surface area contributed by atoms with Crippen molar-refractivity contribution in [2.45, 2.75) is 160 Å². The van der Waals surface area contributed by atoms with Crippen molar-refractivity contribution in [2.75, 3.05) is 0 Å². The highest BCUT2D eigenvalue weighted by molar-refractivity contribution is 5.95. The molecule has 0 radical (unpaired) electrons. The molecular weight excluding hydrogens is 508 g/mol. The summed E-state index contributed by atoms with van der Waals surface area (Å²) < 4.78 is 25.8. The number of ketones is 1. The molecular formula is C33H52O7. The second-order valence-corrected chi connectivity index (χ2v) is 16.3. The van der Waals surface area contributed by atoms with E-state index in [1.165, 1.54) is 0 Å². The van der Waals surface area contributed by atoms with Crippen molar-refractivity contribution < 1.29 is 34.0 Å². The fraction of sp³-hybridized carbons (Fsp3) is 0.909. The van der Waals surface area contributed by atoms with Crippen LogP contribution in [0.3, 0.4) is 0 Å². The van der Waals surface area contributed by atoms with Gasteiger partial charge in [0.25, 0.3) is 0 Å². The maximum absolute atomic E-state index is 13.8. The van der Waals surface area contributed by atoms with Crippen LogP contribution in [-0.4, -0.2) is 62.7 Å². The van der Waals surface area contributed by atoms with Gasteiger partial charge in [-0.1, -0.05) is 13.8 Å². The zero-order chi connectivity index (χ0) is 29.3. The highest BCUT2D eigenvalue weighted by Gasteiger charge is 2.71. The number of allylic oxidation sites excluding steroid dienone is 1. The average molecular weight is 561 g/mol. The van der Waals surface area contributed by atoms with Gasteiger partial charge in [-0.05, 0) is 129 Å². The smallest absolute Gasteiger partial charge is 0.164 e. The standard InChI is InChI=1S/C33H52O7/c1-27(2,35)13-12-26-32(9,40-29(5,6)39-26)25-11-15-33(36)20-16-22(34)21-17-23-24(38-28(3,4)37-23)18-30(21,7)19(20)10-14-31(25,33)8/h16,19,21,23-26,35-36H,10-15,17-18H2,1-9H3/t19-,21-,23-,24+,25-,26+,30+,31+,32+,33?/m0/s1. The summed E-state index contributed by atoms with van der Waals surface area (Å²) in [7, 11) is 0. The van der Waals surface area contributed by atoms with Crippen molar-refractivity contribution in [3.63, 3.8) is 0 Å². The Morgan fingerprint density at radius 3 is 2.27 bits per heavy atom. The Bertz CT molecular complexity index is 1100. The van der Waals surface area contributed by atoms with Gasteiger partial charge in [-0.2, -0.15) is 0 Å². The van der Waals surface area contributed by atoms with E-state index in [0.717, 1.165) is 31.3 Å². The number of aliphatic hydroxyl groups is 2. The van der Waals surface area contributed by atoms with Crippen LogP contribution in [0.5, 0.6) is 0 Å². The first kappa shape index (κ1) is 29.3. The molecule has 2 heterocycles. The molecule has 0 aromatic heterocycles. The van der Waals surface area contributed by atoms with Crippen LogP contribution in [0.25, 0.3) is 0 Å². The Morgan fingerprint density at radius 2 is 1.60 bits per heavy atom. The quantitative estimate of drug-likeness (QED) is 0.472. The lowest BCUT2D eigenvalue weighted by atomic mass is 9.45. The first-order valence-corrected chi connectivity index (χ1v) is 15.7. The predicted octanol–water partition coefficient (Wildman–Crippen LogP) is 5.45. The summed E-state index contributed by atoms with van der Waals surface area (Å²) in [5.41, 5.74) is -2.28. The number of fused-ring (bicyclic) bond motifs is 6. The van der Waals surface area contributed by atoms with E-state index in [1.807, 2.05) is 47.6 Å². The van der Waals surface area contributed by atoms with Crippen molar-refractivity contribution in [1.29, 1.82) is 0 Å². The van der Waals surface area contributed by atoms with Gasteiger partial charge in [0, 0.05) is 11.3 Å². The SMILES string of the molecule is CC(C)(O)CC[C@H]1OC(C)(C)O[C@]1(C)[C@H]1CCC2(O)C3=CC(=O)[C@@H]4C[C@@H]5OC(C)(C)O[C@@H]5C[C@]4(C)[C@H]3CC[C@]12C. The minimum Gasteiger partial charge on any atom is -0.390 e. The summed E-state index contributed by atoms with van der Waals surface area (Å²) in [6.07, 6.45) is 7.51. The topological polar surface area (TPSA) is 94.5 Å². The van der Waals surface area contributed by atoms with Crippen molar-refractivity contribution in [3.8, 4) is 0 Å². The van der Waals surface area contributed by atoms with Gasteiger partial charge in [-0.3, -0.25) is 4.79 Å². The Balaban J connectivity index is 1.33. The van der Waals surface area contributed by atoms with Crippen LogP contribution in [0.1, 0.15) is 114 Å². The van der Waals surface area contributed by atoms with E-state index in [4.69, 9.17) is 18.9 Å². The molecule has 40 heavy (non-hydrogen) atoms. The molecule has 3 saturated carbocycles. The van der Waals surface area contributed by atoms with Crippen molar-refractivity contribution in [1.82, 2.24) is 0 Å². The van der Waals surface area contributed by atoms with E-state index in [2.05, 4.69) is 20.8 Å². The van der Waals surface area contributed by atoms with Gasteiger partial charge in [0.2, 0.25) is 0 Å². The lowest BCUT2D eigenvalue weighted by Gasteiger charge is -2.60. The molecule has 2 aliphatic heterocycles. The molecule has 1 unspecified atom stereocenters. The largest absolute Gasteiger partial charge is 0.390 e. The molecule has 7 nitrogen and oxygen atoms in total. The van der Waals surface area contributed by atoms with Gasteiger partial charge >= 0.3 is 0 Å². The van der Waals surface area contributed by atoms with Gasteiger partial charge in [0.1, 0.15) is 0 Å². The van der Waals surface area contributed by atoms with Crippen LogP contribution < -0.4 is 0 Å². The summed E-state index contributed by atoms with van der Waals surface area (Å²) >= 11 is 0. The third-order valence-electron chi connectivity index (χ3n) is 12.2. The molecule has 0 bridgehead atoms. The van der Waals surface area contributed by atoms with Crippen LogP contribution in [0.15, 0.2) is 11.6 Å². The Kier molecular flexibility index (Phi) is 6.31. The van der Waals surface area contributed by atoms with Crippen LogP contribution >= 0.6 is 0 Å². The van der Waals surface area contributed by atoms with Crippen LogP contribution in [0.2, 0.25) is 0 Å². The first-order chi connectivity index (χ1) is 18.2. The maximum atomic E-state index is 13.8. The molecule has 0 spiro atoms. The molecule has 2 saturated heterocycles. The third-order valence-corrected chi connectivity index (χ3v) is 12.2. The molecule has 6 aliphatic rings. The minimum atomic E-state index is -1.08. The lowest BCUT2D eigenvalue weighted by Crippen LogP contribution is -2.62. The lowest BCUT2D eigenvalue weighted by molar-refractivity contribution is -0.190. The van der Waals surface area contributed by atoms with Crippen molar-refractivity contribution in [2.24, 2.45) is 28.6 Å². The molecule has 0 aromatic carbocycles. The third kappa shape index (κ3) is 4.16. The molecule has 226 valence electrons. The Labute approximate surface area is 240 Å². The average Bonchev–Trinajstić information content (AvgIpc) is 3.34. The monoisotopic (exact) mass is 560 g/mol. The predicted molar refractivity (Wildman–Crippen MR) is 150 cm³/mol. The summed E-state index contributed by atoms with van der Waals surface area (Å²) in [6, 6.07) is 0. The molecule has 4 aliphatic carbocycles. The number of hydrogen-bond donors (Lipinski definition) is 2. The number of ether oxygens (including phenoxy) is 4. The molecule has 6 rings (SSSR count). The molecule has 0 aromatic rings. The Morgan fingerprint density at radius 1 is 0.925 bits per heavy atom. The van der Waals surface area contributed by atoms with Crippen LogP contribution in [0, 0.1) is 28.6 Å².